The van der Waals surface area contributed by atoms with E-state index in [1.165, 1.54) is 56.9 Å². The maximum absolute atomic E-state index is 13.5. The first kappa shape index (κ1) is 21.5. The number of halogens is 2. The maximum Gasteiger partial charge on any atom is 0.300 e. The van der Waals surface area contributed by atoms with Crippen molar-refractivity contribution >= 4 is 34.7 Å². The third-order valence-electron chi connectivity index (χ3n) is 5.09. The molecule has 0 radical (unpaired) electrons. The van der Waals surface area contributed by atoms with Gasteiger partial charge in [0.25, 0.3) is 11.7 Å². The van der Waals surface area contributed by atoms with Crippen LogP contribution in [-0.4, -0.2) is 31.0 Å². The molecule has 1 N–H and O–H groups in total. The number of hydrogen-bond donors (Lipinski definition) is 1. The molecule has 0 bridgehead atoms. The highest BCUT2D eigenvalue weighted by molar-refractivity contribution is 6.51. The molecular formula is C23H17ClFNO6. The largest absolute Gasteiger partial charge is 0.507 e. The molecule has 1 amide bonds. The van der Waals surface area contributed by atoms with Gasteiger partial charge in [-0.25, -0.2) is 4.39 Å². The summed E-state index contributed by atoms with van der Waals surface area (Å²) >= 11 is 6.22. The van der Waals surface area contributed by atoms with Gasteiger partial charge in [0.15, 0.2) is 0 Å². The average Bonchev–Trinajstić information content (AvgIpc) is 3.41. The standard InChI is InChI=1S/C23H17ClFNO6/c1-30-17-11-18(31-2)15(24)10-14(17)21(27)19-20(16-4-3-9-32-16)26(23(29)22(19)28)13-7-5-12(25)6-8-13/h3-11,20,27H,1-2H3/b21-19-. The van der Waals surface area contributed by atoms with Crippen molar-refractivity contribution in [2.24, 2.45) is 0 Å². The third-order valence-corrected chi connectivity index (χ3v) is 5.39. The highest BCUT2D eigenvalue weighted by Crippen LogP contribution is 2.44. The number of furan rings is 1. The lowest BCUT2D eigenvalue weighted by Crippen LogP contribution is -2.29. The van der Waals surface area contributed by atoms with Gasteiger partial charge < -0.3 is 19.0 Å². The second-order valence-electron chi connectivity index (χ2n) is 6.85. The molecule has 9 heteroatoms. The number of aliphatic hydroxyl groups is 1. The van der Waals surface area contributed by atoms with Crippen LogP contribution in [0.5, 0.6) is 11.5 Å². The zero-order valence-electron chi connectivity index (χ0n) is 17.0. The zero-order valence-corrected chi connectivity index (χ0v) is 17.7. The molecule has 1 unspecified atom stereocenters. The van der Waals surface area contributed by atoms with Crippen LogP contribution in [0.1, 0.15) is 17.4 Å². The van der Waals surface area contributed by atoms with Crippen LogP contribution in [0.3, 0.4) is 0 Å². The van der Waals surface area contributed by atoms with E-state index in [9.17, 15) is 19.1 Å². The fraction of sp³-hybridized carbons (Fsp3) is 0.130. The van der Waals surface area contributed by atoms with E-state index in [1.807, 2.05) is 0 Å². The molecule has 32 heavy (non-hydrogen) atoms. The summed E-state index contributed by atoms with van der Waals surface area (Å²) in [7, 11) is 2.80. The second-order valence-corrected chi connectivity index (χ2v) is 7.26. The molecule has 164 valence electrons. The van der Waals surface area contributed by atoms with E-state index < -0.39 is 29.3 Å². The van der Waals surface area contributed by atoms with Crippen molar-refractivity contribution in [1.82, 2.24) is 0 Å². The number of Topliss-reactive ketones (excluding diaryl/α,β-unsaturated/α-hetero) is 1. The summed E-state index contributed by atoms with van der Waals surface area (Å²) in [6.07, 6.45) is 1.38. The van der Waals surface area contributed by atoms with Gasteiger partial charge in [0.05, 0.1) is 36.6 Å². The number of methoxy groups -OCH3 is 2. The van der Waals surface area contributed by atoms with Gasteiger partial charge in [-0.3, -0.25) is 14.5 Å². The van der Waals surface area contributed by atoms with Crippen LogP contribution in [0.15, 0.2) is 64.8 Å². The number of nitrogens with zero attached hydrogens (tertiary/aromatic N) is 1. The zero-order chi connectivity index (χ0) is 23.0. The number of carbonyl (C=O) groups is 2. The molecule has 3 aromatic rings. The maximum atomic E-state index is 13.5. The molecule has 4 rings (SSSR count). The fourth-order valence-corrected chi connectivity index (χ4v) is 3.85. The summed E-state index contributed by atoms with van der Waals surface area (Å²) in [4.78, 5) is 27.2. The Hall–Kier alpha value is -3.78. The average molecular weight is 458 g/mol. The molecule has 0 saturated carbocycles. The van der Waals surface area contributed by atoms with Crippen LogP contribution in [-0.2, 0) is 9.59 Å². The SMILES string of the molecule is COc1cc(OC)c(/C(O)=C2/C(=O)C(=O)N(c3ccc(F)cc3)C2c2ccco2)cc1Cl. The van der Waals surface area contributed by atoms with Crippen LogP contribution in [0.25, 0.3) is 5.76 Å². The summed E-state index contributed by atoms with van der Waals surface area (Å²) in [6, 6.07) is 9.95. The predicted molar refractivity (Wildman–Crippen MR) is 114 cm³/mol. The quantitative estimate of drug-likeness (QED) is 0.339. The molecule has 2 heterocycles. The molecule has 1 fully saturated rings. The minimum Gasteiger partial charge on any atom is -0.507 e. The van der Waals surface area contributed by atoms with E-state index in [1.54, 1.807) is 12.1 Å². The Morgan fingerprint density at radius 1 is 1.09 bits per heavy atom. The van der Waals surface area contributed by atoms with Gasteiger partial charge in [0.2, 0.25) is 0 Å². The number of amides is 1. The molecule has 7 nitrogen and oxygen atoms in total. The highest BCUT2D eigenvalue weighted by Gasteiger charge is 2.48. The number of anilines is 1. The van der Waals surface area contributed by atoms with Crippen molar-refractivity contribution < 1.29 is 33.0 Å². The van der Waals surface area contributed by atoms with Crippen molar-refractivity contribution in [1.29, 1.82) is 0 Å². The second kappa shape index (κ2) is 8.39. The minimum atomic E-state index is -1.10. The first-order valence-corrected chi connectivity index (χ1v) is 9.77. The number of hydrogen-bond acceptors (Lipinski definition) is 6. The molecule has 1 atom stereocenters. The molecule has 2 aromatic carbocycles. The summed E-state index contributed by atoms with van der Waals surface area (Å²) in [5, 5.41) is 11.3. The van der Waals surface area contributed by atoms with Crippen molar-refractivity contribution in [3.63, 3.8) is 0 Å². The minimum absolute atomic E-state index is 0.0898. The molecule has 1 saturated heterocycles. The van der Waals surface area contributed by atoms with Gasteiger partial charge in [-0.2, -0.15) is 0 Å². The lowest BCUT2D eigenvalue weighted by molar-refractivity contribution is -0.132. The summed E-state index contributed by atoms with van der Waals surface area (Å²) < 4.78 is 29.4. The smallest absolute Gasteiger partial charge is 0.300 e. The van der Waals surface area contributed by atoms with Crippen LogP contribution < -0.4 is 14.4 Å². The summed E-state index contributed by atoms with van der Waals surface area (Å²) in [5.41, 5.74) is 0.120. The predicted octanol–water partition coefficient (Wildman–Crippen LogP) is 4.72. The number of ether oxygens (including phenoxy) is 2. The van der Waals surface area contributed by atoms with Crippen molar-refractivity contribution in [2.45, 2.75) is 6.04 Å². The first-order chi connectivity index (χ1) is 15.4. The van der Waals surface area contributed by atoms with Crippen LogP contribution in [0.2, 0.25) is 5.02 Å². The number of benzene rings is 2. The normalized spacial score (nSPS) is 17.6. The van der Waals surface area contributed by atoms with Gasteiger partial charge in [-0.05, 0) is 42.5 Å². The van der Waals surface area contributed by atoms with Gasteiger partial charge in [-0.1, -0.05) is 11.6 Å². The van der Waals surface area contributed by atoms with Crippen molar-refractivity contribution in [3.05, 3.63) is 82.5 Å². The Balaban J connectivity index is 1.95. The molecule has 1 aliphatic heterocycles. The molecule has 1 aliphatic rings. The van der Waals surface area contributed by atoms with Gasteiger partial charge in [0, 0.05) is 11.8 Å². The van der Waals surface area contributed by atoms with Gasteiger partial charge in [0.1, 0.15) is 34.9 Å². The Labute approximate surface area is 187 Å². The Kier molecular flexibility index (Phi) is 5.63. The van der Waals surface area contributed by atoms with E-state index in [2.05, 4.69) is 0 Å². The van der Waals surface area contributed by atoms with E-state index in [-0.39, 0.29) is 33.4 Å². The Bertz CT molecular complexity index is 1220. The lowest BCUT2D eigenvalue weighted by atomic mass is 9.98. The number of ketones is 1. The summed E-state index contributed by atoms with van der Waals surface area (Å²) in [6.45, 7) is 0. The lowest BCUT2D eigenvalue weighted by Gasteiger charge is -2.23. The topological polar surface area (TPSA) is 89.2 Å². The van der Waals surface area contributed by atoms with Gasteiger partial charge in [-0.15, -0.1) is 0 Å². The van der Waals surface area contributed by atoms with Gasteiger partial charge >= 0.3 is 0 Å². The number of aliphatic hydroxyl groups excluding tert-OH is 1. The molecule has 1 aromatic heterocycles. The molecule has 0 aliphatic carbocycles. The van der Waals surface area contributed by atoms with E-state index in [0.717, 1.165) is 4.90 Å². The first-order valence-electron chi connectivity index (χ1n) is 9.39. The van der Waals surface area contributed by atoms with E-state index in [4.69, 9.17) is 25.5 Å². The Morgan fingerprint density at radius 3 is 2.38 bits per heavy atom. The van der Waals surface area contributed by atoms with Crippen LogP contribution in [0, 0.1) is 5.82 Å². The highest BCUT2D eigenvalue weighted by atomic mass is 35.5. The van der Waals surface area contributed by atoms with Crippen LogP contribution in [0.4, 0.5) is 10.1 Å². The fourth-order valence-electron chi connectivity index (χ4n) is 3.61. The van der Waals surface area contributed by atoms with E-state index >= 15 is 0 Å². The molecular weight excluding hydrogens is 441 g/mol. The summed E-state index contributed by atoms with van der Waals surface area (Å²) in [5.74, 6) is -2.15. The van der Waals surface area contributed by atoms with Crippen LogP contribution >= 0.6 is 11.6 Å². The van der Waals surface area contributed by atoms with E-state index in [0.29, 0.717) is 5.75 Å². The number of carbonyl (C=O) groups excluding carboxylic acids is 2. The number of rotatable bonds is 5. The molecule has 0 spiro atoms. The van der Waals surface area contributed by atoms with Crippen molar-refractivity contribution in [3.8, 4) is 11.5 Å². The third kappa shape index (κ3) is 3.48. The monoisotopic (exact) mass is 457 g/mol. The Morgan fingerprint density at radius 2 is 1.78 bits per heavy atom. The van der Waals surface area contributed by atoms with Crippen molar-refractivity contribution in [2.75, 3.05) is 19.1 Å².